The van der Waals surface area contributed by atoms with Crippen molar-refractivity contribution in [2.24, 2.45) is 0 Å². The highest BCUT2D eigenvalue weighted by Crippen LogP contribution is 2.36. The molecule has 2 rings (SSSR count). The van der Waals surface area contributed by atoms with Crippen LogP contribution in [-0.4, -0.2) is 5.78 Å². The molecule has 1 nitrogen and oxygen atoms in total. The van der Waals surface area contributed by atoms with Crippen LogP contribution in [0.15, 0.2) is 28.7 Å². The van der Waals surface area contributed by atoms with Gasteiger partial charge in [0.1, 0.15) is 0 Å². The van der Waals surface area contributed by atoms with Crippen LogP contribution in [0.5, 0.6) is 0 Å². The van der Waals surface area contributed by atoms with Crippen molar-refractivity contribution in [1.29, 1.82) is 0 Å². The smallest absolute Gasteiger partial charge is 0.288 e. The molecule has 0 atom stereocenters. The number of aryl methyl sites for hydroxylation is 1. The minimum absolute atomic E-state index is 0.195. The summed E-state index contributed by atoms with van der Waals surface area (Å²) in [5, 5.41) is 0. The summed E-state index contributed by atoms with van der Waals surface area (Å²) in [6, 6.07) is 4.97. The van der Waals surface area contributed by atoms with E-state index in [2.05, 4.69) is 15.9 Å². The number of ketones is 1. The van der Waals surface area contributed by atoms with Crippen LogP contribution >= 0.6 is 38.9 Å². The summed E-state index contributed by atoms with van der Waals surface area (Å²) in [5.41, 5.74) is -0.664. The number of benzene rings is 1. The Bertz CT molecular complexity index is 659. The summed E-state index contributed by atoms with van der Waals surface area (Å²) < 4.78 is 39.6. The third-order valence-corrected chi connectivity index (χ3v) is 4.66. The molecule has 0 spiro atoms. The highest BCUT2D eigenvalue weighted by atomic mass is 79.9. The quantitative estimate of drug-likeness (QED) is 0.606. The number of halogens is 5. The van der Waals surface area contributed by atoms with Crippen molar-refractivity contribution in [3.8, 4) is 0 Å². The van der Waals surface area contributed by atoms with E-state index in [1.165, 1.54) is 12.1 Å². The molecule has 0 aliphatic heterocycles. The fourth-order valence-electron chi connectivity index (χ4n) is 1.65. The van der Waals surface area contributed by atoms with Gasteiger partial charge in [-0.2, -0.15) is 13.2 Å². The van der Waals surface area contributed by atoms with Crippen LogP contribution in [0, 0.1) is 6.92 Å². The second-order valence-electron chi connectivity index (χ2n) is 4.08. The van der Waals surface area contributed by atoms with E-state index in [1.807, 2.05) is 0 Å². The zero-order valence-electron chi connectivity index (χ0n) is 10.0. The van der Waals surface area contributed by atoms with Gasteiger partial charge in [-0.05, 0) is 36.8 Å². The van der Waals surface area contributed by atoms with Gasteiger partial charge in [-0.15, -0.1) is 11.3 Å². The lowest BCUT2D eigenvalue weighted by Crippen LogP contribution is -2.13. The molecule has 106 valence electrons. The summed E-state index contributed by atoms with van der Waals surface area (Å²) in [6.07, 6.45) is -4.59. The van der Waals surface area contributed by atoms with Crippen molar-refractivity contribution in [1.82, 2.24) is 0 Å². The molecule has 0 N–H and O–H groups in total. The van der Waals surface area contributed by atoms with Crippen molar-refractivity contribution in [3.63, 3.8) is 0 Å². The summed E-state index contributed by atoms with van der Waals surface area (Å²) in [5.74, 6) is -0.676. The Morgan fingerprint density at radius 3 is 2.45 bits per heavy atom. The first kappa shape index (κ1) is 15.5. The Morgan fingerprint density at radius 2 is 1.95 bits per heavy atom. The lowest BCUT2D eigenvalue weighted by atomic mass is 10.0. The van der Waals surface area contributed by atoms with Gasteiger partial charge in [0.2, 0.25) is 5.78 Å². The number of carbonyl (C=O) groups excluding carboxylic acids is 1. The van der Waals surface area contributed by atoms with Gasteiger partial charge < -0.3 is 0 Å². The van der Waals surface area contributed by atoms with E-state index in [1.54, 1.807) is 6.92 Å². The lowest BCUT2D eigenvalue weighted by molar-refractivity contribution is -0.137. The SMILES string of the molecule is Cc1cc(C(=O)c2ccc(Br)cc2C(F)(F)F)sc1Cl. The molecule has 0 aliphatic rings. The van der Waals surface area contributed by atoms with E-state index in [0.29, 0.717) is 9.90 Å². The van der Waals surface area contributed by atoms with Gasteiger partial charge in [0.15, 0.2) is 0 Å². The molecule has 1 heterocycles. The molecule has 0 radical (unpaired) electrons. The van der Waals surface area contributed by atoms with E-state index >= 15 is 0 Å². The van der Waals surface area contributed by atoms with Gasteiger partial charge in [0, 0.05) is 10.0 Å². The molecule has 0 saturated carbocycles. The fraction of sp³-hybridized carbons (Fsp3) is 0.154. The minimum Gasteiger partial charge on any atom is -0.288 e. The molecule has 0 amide bonds. The molecule has 7 heteroatoms. The Kier molecular flexibility index (Phi) is 4.27. The van der Waals surface area contributed by atoms with Crippen molar-refractivity contribution >= 4 is 44.7 Å². The highest BCUT2D eigenvalue weighted by Gasteiger charge is 2.35. The second kappa shape index (κ2) is 5.50. The molecular formula is C13H7BrClF3OS. The fourth-order valence-corrected chi connectivity index (χ4v) is 3.17. The molecule has 1 aromatic heterocycles. The first-order valence-corrected chi connectivity index (χ1v) is 7.36. The average Bonchev–Trinajstić information content (AvgIpc) is 2.67. The van der Waals surface area contributed by atoms with E-state index < -0.39 is 17.5 Å². The summed E-state index contributed by atoms with van der Waals surface area (Å²) in [4.78, 5) is 12.4. The Balaban J connectivity index is 2.55. The van der Waals surface area contributed by atoms with Crippen LogP contribution in [0.25, 0.3) is 0 Å². The van der Waals surface area contributed by atoms with Crippen molar-refractivity contribution < 1.29 is 18.0 Å². The highest BCUT2D eigenvalue weighted by molar-refractivity contribution is 9.10. The predicted octanol–water partition coefficient (Wildman–Crippen LogP) is 5.72. The van der Waals surface area contributed by atoms with Crippen LogP contribution in [0.2, 0.25) is 4.34 Å². The standard InChI is InChI=1S/C13H7BrClF3OS/c1-6-4-10(20-12(6)15)11(19)8-3-2-7(14)5-9(8)13(16,17)18/h2-5H,1H3. The monoisotopic (exact) mass is 382 g/mol. The van der Waals surface area contributed by atoms with Crippen molar-refractivity contribution in [2.75, 3.05) is 0 Å². The molecule has 0 unspecified atom stereocenters. The third-order valence-electron chi connectivity index (χ3n) is 2.61. The minimum atomic E-state index is -4.59. The maximum Gasteiger partial charge on any atom is 0.417 e. The number of hydrogen-bond acceptors (Lipinski definition) is 2. The van der Waals surface area contributed by atoms with Crippen LogP contribution in [-0.2, 0) is 6.18 Å². The molecule has 2 aromatic rings. The molecule has 0 bridgehead atoms. The zero-order valence-corrected chi connectivity index (χ0v) is 13.2. The van der Waals surface area contributed by atoms with Gasteiger partial charge in [-0.1, -0.05) is 27.5 Å². The summed E-state index contributed by atoms with van der Waals surface area (Å²) in [6.45, 7) is 1.70. The van der Waals surface area contributed by atoms with Gasteiger partial charge in [0.05, 0.1) is 14.8 Å². The van der Waals surface area contributed by atoms with E-state index in [0.717, 1.165) is 23.5 Å². The zero-order chi connectivity index (χ0) is 15.1. The van der Waals surface area contributed by atoms with E-state index in [9.17, 15) is 18.0 Å². The molecule has 0 aliphatic carbocycles. The van der Waals surface area contributed by atoms with Crippen LogP contribution in [0.3, 0.4) is 0 Å². The van der Waals surface area contributed by atoms with Crippen LogP contribution in [0.1, 0.15) is 26.4 Å². The molecule has 1 aromatic carbocycles. The van der Waals surface area contributed by atoms with Crippen LogP contribution in [0.4, 0.5) is 13.2 Å². The maximum atomic E-state index is 13.0. The van der Waals surface area contributed by atoms with Crippen molar-refractivity contribution in [3.05, 3.63) is 54.6 Å². The number of hydrogen-bond donors (Lipinski definition) is 0. The average molecular weight is 384 g/mol. The topological polar surface area (TPSA) is 17.1 Å². The van der Waals surface area contributed by atoms with Gasteiger partial charge in [-0.25, -0.2) is 0 Å². The largest absolute Gasteiger partial charge is 0.417 e. The second-order valence-corrected chi connectivity index (χ2v) is 6.65. The Hall–Kier alpha value is -0.850. The van der Waals surface area contributed by atoms with Gasteiger partial charge in [-0.3, -0.25) is 4.79 Å². The molecule has 20 heavy (non-hydrogen) atoms. The van der Waals surface area contributed by atoms with Crippen LogP contribution < -0.4 is 0 Å². The predicted molar refractivity (Wildman–Crippen MR) is 76.6 cm³/mol. The summed E-state index contributed by atoms with van der Waals surface area (Å²) >= 11 is 9.81. The van der Waals surface area contributed by atoms with Crippen molar-refractivity contribution in [2.45, 2.75) is 13.1 Å². The third kappa shape index (κ3) is 3.07. The summed E-state index contributed by atoms with van der Waals surface area (Å²) in [7, 11) is 0. The number of rotatable bonds is 2. The molecule has 0 fully saturated rings. The normalized spacial score (nSPS) is 11.7. The van der Waals surface area contributed by atoms with Gasteiger partial charge >= 0.3 is 6.18 Å². The number of thiophene rings is 1. The number of carbonyl (C=O) groups is 1. The maximum absolute atomic E-state index is 13.0. The van der Waals surface area contributed by atoms with E-state index in [4.69, 9.17) is 11.6 Å². The van der Waals surface area contributed by atoms with Gasteiger partial charge in [0.25, 0.3) is 0 Å². The van der Waals surface area contributed by atoms with E-state index in [-0.39, 0.29) is 14.9 Å². The molecular weight excluding hydrogens is 377 g/mol. The Labute approximate surface area is 130 Å². The first-order valence-electron chi connectivity index (χ1n) is 5.37. The Morgan fingerprint density at radius 1 is 1.30 bits per heavy atom. The lowest BCUT2D eigenvalue weighted by Gasteiger charge is -2.11. The number of alkyl halides is 3. The first-order chi connectivity index (χ1) is 9.20. The molecule has 0 saturated heterocycles.